The quantitative estimate of drug-likeness (QED) is 0.850. The minimum absolute atomic E-state index is 0.00801. The van der Waals surface area contributed by atoms with Crippen LogP contribution in [0.15, 0.2) is 35.7 Å². The van der Waals surface area contributed by atoms with Crippen molar-refractivity contribution in [3.05, 3.63) is 46.2 Å². The summed E-state index contributed by atoms with van der Waals surface area (Å²) in [5, 5.41) is 21.3. The Morgan fingerprint density at radius 3 is 2.60 bits per heavy atom. The first kappa shape index (κ1) is 14.4. The van der Waals surface area contributed by atoms with E-state index in [4.69, 9.17) is 0 Å². The highest BCUT2D eigenvalue weighted by Crippen LogP contribution is 2.30. The number of rotatable bonds is 4. The average Bonchev–Trinajstić information content (AvgIpc) is 2.91. The third kappa shape index (κ3) is 2.93. The van der Waals surface area contributed by atoms with E-state index in [1.807, 2.05) is 31.4 Å². The van der Waals surface area contributed by atoms with Crippen molar-refractivity contribution in [3.63, 3.8) is 0 Å². The van der Waals surface area contributed by atoms with Crippen LogP contribution < -0.4 is 0 Å². The van der Waals surface area contributed by atoms with E-state index in [0.29, 0.717) is 6.54 Å². The molecule has 2 N–H and O–H groups in total. The Morgan fingerprint density at radius 2 is 2.00 bits per heavy atom. The fourth-order valence-corrected chi connectivity index (χ4v) is 2.62. The molecule has 0 aliphatic rings. The van der Waals surface area contributed by atoms with Crippen molar-refractivity contribution >= 4 is 17.2 Å². The zero-order chi connectivity index (χ0) is 14.7. The predicted octanol–water partition coefficient (Wildman–Crippen LogP) is 3.21. The van der Waals surface area contributed by atoms with Gasteiger partial charge in [0.1, 0.15) is 0 Å². The maximum Gasteiger partial charge on any atom is 0.258 e. The smallest absolute Gasteiger partial charge is 0.258 e. The van der Waals surface area contributed by atoms with Gasteiger partial charge in [0.15, 0.2) is 11.5 Å². The lowest BCUT2D eigenvalue weighted by molar-refractivity contribution is 0.0688. The van der Waals surface area contributed by atoms with Gasteiger partial charge in [-0.25, -0.2) is 0 Å². The van der Waals surface area contributed by atoms with Gasteiger partial charge in [-0.05, 0) is 37.4 Å². The zero-order valence-corrected chi connectivity index (χ0v) is 12.2. The van der Waals surface area contributed by atoms with Crippen LogP contribution in [0.4, 0.5) is 0 Å². The minimum atomic E-state index is -0.366. The van der Waals surface area contributed by atoms with Gasteiger partial charge in [-0.15, -0.1) is 11.3 Å². The second kappa shape index (κ2) is 5.96. The van der Waals surface area contributed by atoms with Gasteiger partial charge in [0.2, 0.25) is 0 Å². The minimum Gasteiger partial charge on any atom is -0.504 e. The standard InChI is InChI=1S/C15H17NO3S/c1-10(2)16(9-11-5-4-8-20-11)15(19)12-6-3-7-13(17)14(12)18/h3-8,10,17-18H,9H2,1-2H3. The molecular formula is C15H17NO3S. The van der Waals surface area contributed by atoms with Gasteiger partial charge in [-0.2, -0.15) is 0 Å². The van der Waals surface area contributed by atoms with Crippen LogP contribution in [0.1, 0.15) is 29.1 Å². The molecule has 106 valence electrons. The van der Waals surface area contributed by atoms with Gasteiger partial charge in [-0.3, -0.25) is 4.79 Å². The molecule has 0 aliphatic carbocycles. The molecule has 0 radical (unpaired) electrons. The van der Waals surface area contributed by atoms with Crippen molar-refractivity contribution < 1.29 is 15.0 Å². The lowest BCUT2D eigenvalue weighted by Gasteiger charge is -2.26. The molecular weight excluding hydrogens is 274 g/mol. The summed E-state index contributed by atoms with van der Waals surface area (Å²) in [5.41, 5.74) is 0.121. The molecule has 0 atom stereocenters. The fraction of sp³-hybridized carbons (Fsp3) is 0.267. The van der Waals surface area contributed by atoms with Crippen LogP contribution in [0.25, 0.3) is 0 Å². The molecule has 0 saturated carbocycles. The fourth-order valence-electron chi connectivity index (χ4n) is 1.92. The Morgan fingerprint density at radius 1 is 1.25 bits per heavy atom. The van der Waals surface area contributed by atoms with Crippen molar-refractivity contribution in [2.24, 2.45) is 0 Å². The summed E-state index contributed by atoms with van der Waals surface area (Å²) in [7, 11) is 0. The molecule has 1 amide bonds. The highest BCUT2D eigenvalue weighted by atomic mass is 32.1. The molecule has 0 spiro atoms. The van der Waals surface area contributed by atoms with Gasteiger partial charge < -0.3 is 15.1 Å². The van der Waals surface area contributed by atoms with Crippen molar-refractivity contribution in [2.45, 2.75) is 26.4 Å². The third-order valence-electron chi connectivity index (χ3n) is 3.04. The number of hydrogen-bond donors (Lipinski definition) is 2. The van der Waals surface area contributed by atoms with E-state index in [-0.39, 0.29) is 29.0 Å². The molecule has 0 saturated heterocycles. The Labute approximate surface area is 121 Å². The number of phenols is 2. The van der Waals surface area contributed by atoms with Crippen molar-refractivity contribution in [1.82, 2.24) is 4.90 Å². The number of amides is 1. The Bertz CT molecular complexity index is 593. The first-order valence-electron chi connectivity index (χ1n) is 6.35. The Kier molecular flexibility index (Phi) is 4.29. The van der Waals surface area contributed by atoms with E-state index in [2.05, 4.69) is 0 Å². The summed E-state index contributed by atoms with van der Waals surface area (Å²) in [6.07, 6.45) is 0. The molecule has 5 heteroatoms. The summed E-state index contributed by atoms with van der Waals surface area (Å²) in [6, 6.07) is 8.31. The monoisotopic (exact) mass is 291 g/mol. The Hall–Kier alpha value is -2.01. The predicted molar refractivity (Wildman–Crippen MR) is 79.1 cm³/mol. The number of hydrogen-bond acceptors (Lipinski definition) is 4. The van der Waals surface area contributed by atoms with Crippen LogP contribution in [-0.2, 0) is 6.54 Å². The van der Waals surface area contributed by atoms with Crippen LogP contribution in [0.2, 0.25) is 0 Å². The van der Waals surface area contributed by atoms with Crippen molar-refractivity contribution in [1.29, 1.82) is 0 Å². The lowest BCUT2D eigenvalue weighted by Crippen LogP contribution is -2.36. The molecule has 0 fully saturated rings. The number of nitrogens with zero attached hydrogens (tertiary/aromatic N) is 1. The van der Waals surface area contributed by atoms with Gasteiger partial charge in [0.05, 0.1) is 12.1 Å². The number of phenolic OH excluding ortho intramolecular Hbond substituents is 2. The summed E-state index contributed by atoms with van der Waals surface area (Å²) < 4.78 is 0. The highest BCUT2D eigenvalue weighted by molar-refractivity contribution is 7.09. The van der Waals surface area contributed by atoms with Crippen molar-refractivity contribution in [3.8, 4) is 11.5 Å². The molecule has 2 aromatic rings. The second-order valence-electron chi connectivity index (χ2n) is 4.78. The number of benzene rings is 1. The van der Waals surface area contributed by atoms with Gasteiger partial charge in [0, 0.05) is 10.9 Å². The van der Waals surface area contributed by atoms with E-state index >= 15 is 0 Å². The highest BCUT2D eigenvalue weighted by Gasteiger charge is 2.23. The van der Waals surface area contributed by atoms with Crippen LogP contribution in [0.5, 0.6) is 11.5 Å². The number of carbonyl (C=O) groups excluding carboxylic acids is 1. The normalized spacial score (nSPS) is 10.8. The van der Waals surface area contributed by atoms with E-state index in [9.17, 15) is 15.0 Å². The molecule has 0 unspecified atom stereocenters. The maximum atomic E-state index is 12.5. The summed E-state index contributed by atoms with van der Waals surface area (Å²) >= 11 is 1.58. The first-order valence-corrected chi connectivity index (χ1v) is 7.23. The molecule has 4 nitrogen and oxygen atoms in total. The topological polar surface area (TPSA) is 60.8 Å². The van der Waals surface area contributed by atoms with E-state index in [1.165, 1.54) is 12.1 Å². The Balaban J connectivity index is 2.29. The summed E-state index contributed by atoms with van der Waals surface area (Å²) in [6.45, 7) is 4.33. The van der Waals surface area contributed by atoms with Gasteiger partial charge >= 0.3 is 0 Å². The molecule has 1 aromatic carbocycles. The third-order valence-corrected chi connectivity index (χ3v) is 3.90. The van der Waals surface area contributed by atoms with E-state index in [0.717, 1.165) is 4.88 Å². The van der Waals surface area contributed by atoms with Crippen LogP contribution in [0.3, 0.4) is 0 Å². The maximum absolute atomic E-state index is 12.5. The summed E-state index contributed by atoms with van der Waals surface area (Å²) in [5.74, 6) is -0.938. The SMILES string of the molecule is CC(C)N(Cc1cccs1)C(=O)c1cccc(O)c1O. The zero-order valence-electron chi connectivity index (χ0n) is 11.4. The van der Waals surface area contributed by atoms with Crippen LogP contribution in [0, 0.1) is 0 Å². The molecule has 2 rings (SSSR count). The van der Waals surface area contributed by atoms with E-state index in [1.54, 1.807) is 22.3 Å². The first-order chi connectivity index (χ1) is 9.50. The summed E-state index contributed by atoms with van der Waals surface area (Å²) in [4.78, 5) is 15.3. The van der Waals surface area contributed by atoms with E-state index < -0.39 is 0 Å². The molecule has 1 aromatic heterocycles. The molecule has 20 heavy (non-hydrogen) atoms. The van der Waals surface area contributed by atoms with Crippen LogP contribution >= 0.6 is 11.3 Å². The lowest BCUT2D eigenvalue weighted by atomic mass is 10.1. The number of carbonyl (C=O) groups is 1. The molecule has 0 aliphatic heterocycles. The van der Waals surface area contributed by atoms with Gasteiger partial charge in [-0.1, -0.05) is 12.1 Å². The average molecular weight is 291 g/mol. The van der Waals surface area contributed by atoms with Gasteiger partial charge in [0.25, 0.3) is 5.91 Å². The number of aromatic hydroxyl groups is 2. The second-order valence-corrected chi connectivity index (χ2v) is 5.81. The molecule has 1 heterocycles. The van der Waals surface area contributed by atoms with Crippen molar-refractivity contribution in [2.75, 3.05) is 0 Å². The van der Waals surface area contributed by atoms with Crippen LogP contribution in [-0.4, -0.2) is 27.1 Å². The number of para-hydroxylation sites is 1. The number of thiophene rings is 1. The molecule has 0 bridgehead atoms. The largest absolute Gasteiger partial charge is 0.504 e.